The highest BCUT2D eigenvalue weighted by atomic mass is 16.4. The van der Waals surface area contributed by atoms with Crippen molar-refractivity contribution in [2.45, 2.75) is 33.2 Å². The fourth-order valence-corrected chi connectivity index (χ4v) is 5.12. The lowest BCUT2D eigenvalue weighted by Gasteiger charge is -2.23. The molecular formula is C32H30N8O9. The molecule has 0 aliphatic carbocycles. The van der Waals surface area contributed by atoms with E-state index in [0.717, 1.165) is 0 Å². The number of nitrogens with two attached hydrogens (primary N) is 4. The molecule has 11 N–H and O–H groups in total. The van der Waals surface area contributed by atoms with Crippen molar-refractivity contribution in [1.82, 2.24) is 10.3 Å². The number of Topliss-reactive ketones (excluding diaryl/α,β-unsaturated/α-hetero) is 1. The molecule has 0 bridgehead atoms. The summed E-state index contributed by atoms with van der Waals surface area (Å²) in [6.45, 7) is 4.38. The number of nitrogens with zero attached hydrogens (tertiary/aromatic N) is 1. The van der Waals surface area contributed by atoms with Gasteiger partial charge in [0.2, 0.25) is 23.5 Å². The zero-order valence-corrected chi connectivity index (χ0v) is 26.3. The van der Waals surface area contributed by atoms with Gasteiger partial charge in [0.05, 0.1) is 39.5 Å². The molecule has 49 heavy (non-hydrogen) atoms. The highest BCUT2D eigenvalue weighted by molar-refractivity contribution is 6.27. The highest BCUT2D eigenvalue weighted by Gasteiger charge is 2.38. The number of rotatable bonds is 12. The number of carbonyl (C=O) groups excluding carboxylic acids is 8. The molecule has 17 nitrogen and oxygen atoms in total. The second kappa shape index (κ2) is 13.8. The number of benzene rings is 3. The molecular weight excluding hydrogens is 640 g/mol. The number of aryl methyl sites for hydroxylation is 1. The summed E-state index contributed by atoms with van der Waals surface area (Å²) in [5.41, 5.74) is 17.9. The first kappa shape index (κ1) is 35.0. The van der Waals surface area contributed by atoms with E-state index in [9.17, 15) is 38.4 Å². The third-order valence-electron chi connectivity index (χ3n) is 7.29. The van der Waals surface area contributed by atoms with Crippen LogP contribution in [0.3, 0.4) is 0 Å². The summed E-state index contributed by atoms with van der Waals surface area (Å²) in [6.07, 6.45) is -0.0689. The molecule has 3 aromatic carbocycles. The highest BCUT2D eigenvalue weighted by Crippen LogP contribution is 2.34. The van der Waals surface area contributed by atoms with Gasteiger partial charge in [-0.05, 0) is 49.2 Å². The minimum atomic E-state index is -1.51. The Hall–Kier alpha value is -6.91. The molecule has 1 aromatic heterocycles. The number of ketones is 1. The van der Waals surface area contributed by atoms with E-state index in [2.05, 4.69) is 20.9 Å². The van der Waals surface area contributed by atoms with Crippen molar-refractivity contribution in [3.63, 3.8) is 0 Å². The van der Waals surface area contributed by atoms with Crippen LogP contribution in [0.2, 0.25) is 0 Å². The van der Waals surface area contributed by atoms with Crippen LogP contribution < -0.4 is 38.9 Å². The molecule has 4 aromatic rings. The van der Waals surface area contributed by atoms with E-state index in [1.807, 2.05) is 0 Å². The van der Waals surface area contributed by atoms with Crippen molar-refractivity contribution in [1.29, 1.82) is 0 Å². The van der Waals surface area contributed by atoms with Gasteiger partial charge < -0.3 is 43.3 Å². The Bertz CT molecular complexity index is 2090. The quantitative estimate of drug-likeness (QED) is 0.105. The molecule has 1 atom stereocenters. The number of hydrogen-bond donors (Lipinski definition) is 7. The molecule has 0 aliphatic heterocycles. The van der Waals surface area contributed by atoms with E-state index < -0.39 is 80.8 Å². The summed E-state index contributed by atoms with van der Waals surface area (Å²) in [5, 5.41) is 7.20. The van der Waals surface area contributed by atoms with Gasteiger partial charge in [-0.1, -0.05) is 19.1 Å². The second-order valence-electron chi connectivity index (χ2n) is 10.7. The Morgan fingerprint density at radius 3 is 1.86 bits per heavy atom. The summed E-state index contributed by atoms with van der Waals surface area (Å²) >= 11 is 0. The number of fused-ring (bicyclic) bond motifs is 1. The fourth-order valence-electron chi connectivity index (χ4n) is 5.12. The van der Waals surface area contributed by atoms with Gasteiger partial charge in [0.15, 0.2) is 5.58 Å². The largest absolute Gasteiger partial charge is 0.434 e. The van der Waals surface area contributed by atoms with Gasteiger partial charge in [-0.2, -0.15) is 0 Å². The number of amides is 7. The van der Waals surface area contributed by atoms with E-state index in [1.165, 1.54) is 32.0 Å². The smallest absolute Gasteiger partial charge is 0.266 e. The SMILES string of the molecule is CC[C@H](NC(=O)c1c(C(N)=O)c(NC(=O)c2ccc(NC(C)=O)c(C)c2)c(C(N)=O)c(C(N)=O)c1C(N)=O)C(=O)c1nc2ccccc2o1. The van der Waals surface area contributed by atoms with Crippen LogP contribution >= 0.6 is 0 Å². The van der Waals surface area contributed by atoms with Gasteiger partial charge >= 0.3 is 0 Å². The van der Waals surface area contributed by atoms with Crippen LogP contribution in [-0.4, -0.2) is 58.2 Å². The number of oxazole rings is 1. The summed E-state index contributed by atoms with van der Waals surface area (Å²) in [6, 6.07) is 9.12. The lowest BCUT2D eigenvalue weighted by atomic mass is 9.86. The van der Waals surface area contributed by atoms with E-state index in [1.54, 1.807) is 31.2 Å². The van der Waals surface area contributed by atoms with Crippen LogP contribution in [0.1, 0.15) is 98.7 Å². The van der Waals surface area contributed by atoms with Crippen molar-refractivity contribution in [3.8, 4) is 0 Å². The Kier molecular flexibility index (Phi) is 9.87. The average Bonchev–Trinajstić information content (AvgIpc) is 3.47. The zero-order chi connectivity index (χ0) is 36.3. The molecule has 0 saturated heterocycles. The molecule has 0 radical (unpaired) electrons. The molecule has 7 amide bonds. The first-order valence-corrected chi connectivity index (χ1v) is 14.4. The van der Waals surface area contributed by atoms with Gasteiger partial charge in [-0.3, -0.25) is 38.4 Å². The van der Waals surface area contributed by atoms with Crippen molar-refractivity contribution in [2.24, 2.45) is 22.9 Å². The van der Waals surface area contributed by atoms with Crippen molar-refractivity contribution < 1.29 is 42.8 Å². The van der Waals surface area contributed by atoms with Crippen LogP contribution in [0.5, 0.6) is 0 Å². The molecule has 17 heteroatoms. The number of aromatic nitrogens is 1. The molecule has 252 valence electrons. The predicted octanol–water partition coefficient (Wildman–Crippen LogP) is 1.13. The van der Waals surface area contributed by atoms with Gasteiger partial charge in [-0.15, -0.1) is 0 Å². The number of carbonyl (C=O) groups is 8. The molecule has 0 unspecified atom stereocenters. The molecule has 0 saturated carbocycles. The summed E-state index contributed by atoms with van der Waals surface area (Å²) < 4.78 is 5.52. The van der Waals surface area contributed by atoms with Crippen LogP contribution in [0.25, 0.3) is 11.1 Å². The summed E-state index contributed by atoms with van der Waals surface area (Å²) in [4.78, 5) is 108. The minimum absolute atomic E-state index is 0.0689. The van der Waals surface area contributed by atoms with Crippen LogP contribution in [0.4, 0.5) is 11.4 Å². The van der Waals surface area contributed by atoms with Gasteiger partial charge in [0.1, 0.15) is 5.52 Å². The van der Waals surface area contributed by atoms with Crippen molar-refractivity contribution in [3.05, 3.63) is 87.3 Å². The maximum Gasteiger partial charge on any atom is 0.266 e. The maximum absolute atomic E-state index is 14.0. The topological polar surface area (TPSA) is 303 Å². The van der Waals surface area contributed by atoms with Gasteiger partial charge in [0.25, 0.3) is 29.5 Å². The monoisotopic (exact) mass is 670 g/mol. The van der Waals surface area contributed by atoms with Crippen LogP contribution in [0.15, 0.2) is 46.9 Å². The molecule has 0 fully saturated rings. The normalized spacial score (nSPS) is 11.3. The number of nitrogens with one attached hydrogen (secondary N) is 3. The lowest BCUT2D eigenvalue weighted by Crippen LogP contribution is -2.43. The van der Waals surface area contributed by atoms with Crippen LogP contribution in [0, 0.1) is 6.92 Å². The van der Waals surface area contributed by atoms with E-state index in [4.69, 9.17) is 27.4 Å². The van der Waals surface area contributed by atoms with E-state index >= 15 is 0 Å². The molecule has 0 spiro atoms. The predicted molar refractivity (Wildman–Crippen MR) is 174 cm³/mol. The maximum atomic E-state index is 14.0. The average molecular weight is 671 g/mol. The Morgan fingerprint density at radius 2 is 1.33 bits per heavy atom. The van der Waals surface area contributed by atoms with Gasteiger partial charge in [-0.25, -0.2) is 4.98 Å². The third-order valence-corrected chi connectivity index (χ3v) is 7.29. The standard InChI is InChI=1S/C32H30N8O9/c1-4-15(25(42)32-39-17-7-5-6-8-18(17)49-32)38-31(48)21-19(26(33)43)20(27(34)44)22(28(35)45)24(23(21)29(36)46)40-30(47)14-9-10-16(12(2)11-14)37-13(3)41/h5-11,15H,4H2,1-3H3,(H2,33,43)(H2,34,44)(H2,35,45)(H2,36,46)(H,37,41)(H,38,48)(H,40,47)/t15-/m0/s1. The summed E-state index contributed by atoms with van der Waals surface area (Å²) in [7, 11) is 0. The number of anilines is 2. The van der Waals surface area contributed by atoms with E-state index in [0.29, 0.717) is 16.8 Å². The fraction of sp³-hybridized carbons (Fsp3) is 0.156. The first-order valence-electron chi connectivity index (χ1n) is 14.4. The number of hydrogen-bond acceptors (Lipinski definition) is 10. The zero-order valence-electron chi connectivity index (χ0n) is 26.3. The van der Waals surface area contributed by atoms with Gasteiger partial charge in [0, 0.05) is 18.2 Å². The minimum Gasteiger partial charge on any atom is -0.434 e. The summed E-state index contributed by atoms with van der Waals surface area (Å²) in [5.74, 6) is -9.84. The molecule has 1 heterocycles. The van der Waals surface area contributed by atoms with Crippen LogP contribution in [-0.2, 0) is 4.79 Å². The van der Waals surface area contributed by atoms with E-state index in [-0.39, 0.29) is 29.4 Å². The number of primary amides is 4. The first-order chi connectivity index (χ1) is 23.1. The number of para-hydroxylation sites is 2. The Balaban J connectivity index is 1.91. The van der Waals surface area contributed by atoms with Crippen molar-refractivity contribution >= 4 is 69.6 Å². The third kappa shape index (κ3) is 6.94. The Morgan fingerprint density at radius 1 is 0.755 bits per heavy atom. The second-order valence-corrected chi connectivity index (χ2v) is 10.7. The van der Waals surface area contributed by atoms with Crippen molar-refractivity contribution in [2.75, 3.05) is 10.6 Å². The Labute approximate surface area is 276 Å². The lowest BCUT2D eigenvalue weighted by molar-refractivity contribution is -0.114. The molecule has 0 aliphatic rings. The molecule has 4 rings (SSSR count).